The molecule has 0 saturated heterocycles. The molecule has 0 radical (unpaired) electrons. The Hall–Kier alpha value is -1.86. The molecule has 3 N–H and O–H groups in total. The Morgan fingerprint density at radius 1 is 1.33 bits per heavy atom. The predicted octanol–water partition coefficient (Wildman–Crippen LogP) is 2.21. The van der Waals surface area contributed by atoms with Gasteiger partial charge in [-0.2, -0.15) is 0 Å². The summed E-state index contributed by atoms with van der Waals surface area (Å²) >= 11 is 2.75. The van der Waals surface area contributed by atoms with Crippen molar-refractivity contribution >= 4 is 40.0 Å². The van der Waals surface area contributed by atoms with Gasteiger partial charge in [-0.15, -0.1) is 23.1 Å². The van der Waals surface area contributed by atoms with Gasteiger partial charge in [-0.25, -0.2) is 4.98 Å². The summed E-state index contributed by atoms with van der Waals surface area (Å²) in [7, 11) is 0. The van der Waals surface area contributed by atoms with Crippen LogP contribution in [0.3, 0.4) is 0 Å². The van der Waals surface area contributed by atoms with Gasteiger partial charge in [-0.3, -0.25) is 9.59 Å². The highest BCUT2D eigenvalue weighted by Crippen LogP contribution is 2.20. The van der Waals surface area contributed by atoms with Crippen molar-refractivity contribution in [1.29, 1.82) is 0 Å². The van der Waals surface area contributed by atoms with E-state index in [-0.39, 0.29) is 12.3 Å². The van der Waals surface area contributed by atoms with E-state index in [1.165, 1.54) is 28.7 Å². The Bertz CT molecular complexity index is 638. The number of carbonyl (C=O) groups is 2. The van der Waals surface area contributed by atoms with E-state index in [1.54, 1.807) is 5.38 Å². The van der Waals surface area contributed by atoms with Crippen LogP contribution in [0.5, 0.6) is 0 Å². The smallest absolute Gasteiger partial charge is 0.236 e. The molecule has 2 amide bonds. The Balaban J connectivity index is 1.82. The van der Waals surface area contributed by atoms with Crippen LogP contribution in [0.15, 0.2) is 34.5 Å². The fraction of sp³-hybridized carbons (Fsp3) is 0.214. The number of aryl methyl sites for hydroxylation is 1. The van der Waals surface area contributed by atoms with Crippen molar-refractivity contribution < 1.29 is 9.59 Å². The van der Waals surface area contributed by atoms with E-state index in [1.807, 2.05) is 31.2 Å². The van der Waals surface area contributed by atoms with E-state index in [0.29, 0.717) is 16.6 Å². The summed E-state index contributed by atoms with van der Waals surface area (Å²) in [6.45, 7) is 2.02. The highest BCUT2D eigenvalue weighted by molar-refractivity contribution is 8.00. The van der Waals surface area contributed by atoms with Gasteiger partial charge >= 0.3 is 0 Å². The highest BCUT2D eigenvalue weighted by Gasteiger charge is 2.08. The van der Waals surface area contributed by atoms with Crippen LogP contribution in [-0.4, -0.2) is 22.6 Å². The molecular weight excluding hydrogens is 306 g/mol. The molecule has 2 aromatic rings. The van der Waals surface area contributed by atoms with Crippen molar-refractivity contribution in [1.82, 2.24) is 4.98 Å². The Morgan fingerprint density at radius 3 is 2.71 bits per heavy atom. The van der Waals surface area contributed by atoms with Crippen LogP contribution in [0.25, 0.3) is 0 Å². The number of hydrogen-bond acceptors (Lipinski definition) is 5. The van der Waals surface area contributed by atoms with Gasteiger partial charge in [0.25, 0.3) is 0 Å². The molecule has 0 aliphatic heterocycles. The minimum absolute atomic E-state index is 0.0878. The number of carbonyl (C=O) groups excluding carboxylic acids is 2. The SMILES string of the molecule is Cc1ccc(SCC(=O)Nc2nc(CC(N)=O)cs2)cc1. The van der Waals surface area contributed by atoms with E-state index >= 15 is 0 Å². The molecule has 1 aromatic heterocycles. The monoisotopic (exact) mass is 321 g/mol. The van der Waals surface area contributed by atoms with Crippen LogP contribution in [-0.2, 0) is 16.0 Å². The number of primary amides is 1. The number of nitrogens with one attached hydrogen (secondary N) is 1. The third-order valence-electron chi connectivity index (χ3n) is 2.54. The van der Waals surface area contributed by atoms with E-state index in [9.17, 15) is 9.59 Å². The molecule has 0 fully saturated rings. The third-order valence-corrected chi connectivity index (χ3v) is 4.36. The average molecular weight is 321 g/mol. The van der Waals surface area contributed by atoms with Crippen LogP contribution >= 0.6 is 23.1 Å². The van der Waals surface area contributed by atoms with Crippen molar-refractivity contribution in [2.75, 3.05) is 11.1 Å². The van der Waals surface area contributed by atoms with Gasteiger partial charge in [0.1, 0.15) is 0 Å². The number of thioether (sulfide) groups is 1. The number of aromatic nitrogens is 1. The molecule has 5 nitrogen and oxygen atoms in total. The van der Waals surface area contributed by atoms with Crippen molar-refractivity contribution in [2.24, 2.45) is 5.73 Å². The number of thiazole rings is 1. The molecule has 2 rings (SSSR count). The van der Waals surface area contributed by atoms with E-state index < -0.39 is 5.91 Å². The lowest BCUT2D eigenvalue weighted by molar-refractivity contribution is -0.117. The predicted molar refractivity (Wildman–Crippen MR) is 85.5 cm³/mol. The molecule has 0 unspecified atom stereocenters. The summed E-state index contributed by atoms with van der Waals surface area (Å²) in [5.74, 6) is -0.248. The first-order chi connectivity index (χ1) is 10.0. The summed E-state index contributed by atoms with van der Waals surface area (Å²) < 4.78 is 0. The topological polar surface area (TPSA) is 85.1 Å². The van der Waals surface area contributed by atoms with Crippen LogP contribution in [0.1, 0.15) is 11.3 Å². The summed E-state index contributed by atoms with van der Waals surface area (Å²) in [6, 6.07) is 8.00. The van der Waals surface area contributed by atoms with Crippen LogP contribution < -0.4 is 11.1 Å². The second-order valence-electron chi connectivity index (χ2n) is 4.44. The zero-order valence-electron chi connectivity index (χ0n) is 11.5. The molecule has 7 heteroatoms. The number of hydrogen-bond donors (Lipinski definition) is 2. The highest BCUT2D eigenvalue weighted by atomic mass is 32.2. The lowest BCUT2D eigenvalue weighted by Crippen LogP contribution is -2.15. The maximum absolute atomic E-state index is 11.8. The number of nitrogens with zero attached hydrogens (tertiary/aromatic N) is 1. The number of amides is 2. The number of benzene rings is 1. The molecule has 0 aliphatic carbocycles. The second kappa shape index (κ2) is 7.24. The van der Waals surface area contributed by atoms with E-state index in [4.69, 9.17) is 5.73 Å². The van der Waals surface area contributed by atoms with Gasteiger partial charge in [-0.05, 0) is 19.1 Å². The van der Waals surface area contributed by atoms with Crippen LogP contribution in [0.2, 0.25) is 0 Å². The lowest BCUT2D eigenvalue weighted by Gasteiger charge is -2.02. The first kappa shape index (κ1) is 15.5. The fourth-order valence-electron chi connectivity index (χ4n) is 1.56. The van der Waals surface area contributed by atoms with E-state index in [2.05, 4.69) is 10.3 Å². The van der Waals surface area contributed by atoms with Crippen molar-refractivity contribution in [3.8, 4) is 0 Å². The molecule has 0 spiro atoms. The molecule has 1 heterocycles. The van der Waals surface area contributed by atoms with Crippen molar-refractivity contribution in [3.63, 3.8) is 0 Å². The second-order valence-corrected chi connectivity index (χ2v) is 6.34. The standard InChI is InChI=1S/C14H15N3O2S2/c1-9-2-4-11(5-3-9)20-8-13(19)17-14-16-10(7-21-14)6-12(15)18/h2-5,7H,6,8H2,1H3,(H2,15,18)(H,16,17,19). The van der Waals surface area contributed by atoms with Gasteiger partial charge < -0.3 is 11.1 Å². The normalized spacial score (nSPS) is 10.3. The average Bonchev–Trinajstić information content (AvgIpc) is 2.84. The zero-order chi connectivity index (χ0) is 15.2. The first-order valence-electron chi connectivity index (χ1n) is 6.25. The third kappa shape index (κ3) is 5.20. The Kier molecular flexibility index (Phi) is 5.35. The molecule has 21 heavy (non-hydrogen) atoms. The summed E-state index contributed by atoms with van der Waals surface area (Å²) in [5.41, 5.74) is 6.86. The number of anilines is 1. The van der Waals surface area contributed by atoms with Crippen molar-refractivity contribution in [3.05, 3.63) is 40.9 Å². The molecule has 0 saturated carbocycles. The first-order valence-corrected chi connectivity index (χ1v) is 8.11. The minimum Gasteiger partial charge on any atom is -0.369 e. The van der Waals surface area contributed by atoms with Gasteiger partial charge in [0.05, 0.1) is 17.9 Å². The fourth-order valence-corrected chi connectivity index (χ4v) is 2.99. The van der Waals surface area contributed by atoms with Crippen molar-refractivity contribution in [2.45, 2.75) is 18.2 Å². The van der Waals surface area contributed by atoms with Gasteiger partial charge in [-0.1, -0.05) is 17.7 Å². The summed E-state index contributed by atoms with van der Waals surface area (Å²) in [6.07, 6.45) is 0.0878. The zero-order valence-corrected chi connectivity index (χ0v) is 13.1. The quantitative estimate of drug-likeness (QED) is 0.799. The van der Waals surface area contributed by atoms with Crippen LogP contribution in [0.4, 0.5) is 5.13 Å². The molecular formula is C14H15N3O2S2. The van der Waals surface area contributed by atoms with Gasteiger partial charge in [0, 0.05) is 10.3 Å². The number of rotatable bonds is 6. The Morgan fingerprint density at radius 2 is 2.05 bits per heavy atom. The molecule has 0 bridgehead atoms. The summed E-state index contributed by atoms with van der Waals surface area (Å²) in [4.78, 5) is 27.8. The van der Waals surface area contributed by atoms with Gasteiger partial charge in [0.2, 0.25) is 11.8 Å². The largest absolute Gasteiger partial charge is 0.369 e. The molecule has 0 atom stereocenters. The number of nitrogens with two attached hydrogens (primary N) is 1. The minimum atomic E-state index is -0.437. The van der Waals surface area contributed by atoms with E-state index in [0.717, 1.165) is 4.90 Å². The lowest BCUT2D eigenvalue weighted by atomic mass is 10.2. The maximum atomic E-state index is 11.8. The van der Waals surface area contributed by atoms with Gasteiger partial charge in [0.15, 0.2) is 5.13 Å². The molecule has 0 aliphatic rings. The molecule has 1 aromatic carbocycles. The molecule has 110 valence electrons. The summed E-state index contributed by atoms with van der Waals surface area (Å²) in [5, 5.41) is 4.92. The maximum Gasteiger partial charge on any atom is 0.236 e. The van der Waals surface area contributed by atoms with Crippen LogP contribution in [0, 0.1) is 6.92 Å². The Labute approximate surface area is 131 Å².